The summed E-state index contributed by atoms with van der Waals surface area (Å²) < 4.78 is 7.00. The predicted octanol–water partition coefficient (Wildman–Crippen LogP) is 2.62. The van der Waals surface area contributed by atoms with Gasteiger partial charge in [0.2, 0.25) is 5.76 Å². The molecule has 2 rings (SSSR count). The van der Waals surface area contributed by atoms with Crippen LogP contribution in [0.3, 0.4) is 0 Å². The Morgan fingerprint density at radius 2 is 1.92 bits per heavy atom. The largest absolute Gasteiger partial charge is 0.350 e. The predicted molar refractivity (Wildman–Crippen MR) is 97.3 cm³/mol. The lowest BCUT2D eigenvalue weighted by Gasteiger charge is -2.33. The zero-order valence-electron chi connectivity index (χ0n) is 16.2. The second-order valence-electron chi connectivity index (χ2n) is 7.10. The van der Waals surface area contributed by atoms with Gasteiger partial charge in [-0.05, 0) is 41.5 Å². The minimum Gasteiger partial charge on any atom is -0.350 e. The van der Waals surface area contributed by atoms with Crippen molar-refractivity contribution in [2.24, 2.45) is 7.05 Å². The number of aromatic nitrogens is 3. The number of aryl methyl sites for hydroxylation is 1. The van der Waals surface area contributed by atoms with E-state index in [1.807, 2.05) is 20.9 Å². The van der Waals surface area contributed by atoms with E-state index in [0.29, 0.717) is 17.8 Å². The third-order valence-electron chi connectivity index (χ3n) is 4.43. The molecule has 25 heavy (non-hydrogen) atoms. The lowest BCUT2D eigenvalue weighted by atomic mass is 10.1. The van der Waals surface area contributed by atoms with Gasteiger partial charge in [-0.2, -0.15) is 5.10 Å². The van der Waals surface area contributed by atoms with Gasteiger partial charge >= 0.3 is 0 Å². The Hall–Kier alpha value is -2.15. The van der Waals surface area contributed by atoms with Crippen LogP contribution in [0, 0.1) is 6.92 Å². The highest BCUT2D eigenvalue weighted by atomic mass is 16.5. The van der Waals surface area contributed by atoms with E-state index in [0.717, 1.165) is 17.8 Å². The van der Waals surface area contributed by atoms with Crippen LogP contribution in [0.4, 0.5) is 0 Å². The van der Waals surface area contributed by atoms with Crippen LogP contribution in [-0.2, 0) is 7.05 Å². The van der Waals surface area contributed by atoms with E-state index in [2.05, 4.69) is 48.2 Å². The first-order chi connectivity index (χ1) is 11.7. The van der Waals surface area contributed by atoms with Crippen LogP contribution in [0.1, 0.15) is 50.9 Å². The summed E-state index contributed by atoms with van der Waals surface area (Å²) >= 11 is 0. The fourth-order valence-corrected chi connectivity index (χ4v) is 2.93. The van der Waals surface area contributed by atoms with Crippen LogP contribution in [0.2, 0.25) is 0 Å². The van der Waals surface area contributed by atoms with Gasteiger partial charge in [0, 0.05) is 49.0 Å². The minimum absolute atomic E-state index is 0.00554. The van der Waals surface area contributed by atoms with Crippen molar-refractivity contribution >= 4 is 5.91 Å². The van der Waals surface area contributed by atoms with E-state index >= 15 is 0 Å². The number of carbonyl (C=O) groups excluding carboxylic acids is 1. The van der Waals surface area contributed by atoms with Crippen molar-refractivity contribution < 1.29 is 9.32 Å². The van der Waals surface area contributed by atoms with Gasteiger partial charge in [-0.1, -0.05) is 5.16 Å². The fraction of sp³-hybridized carbons (Fsp3) is 0.611. The van der Waals surface area contributed by atoms with Crippen molar-refractivity contribution in [2.45, 2.75) is 59.7 Å². The molecule has 7 nitrogen and oxygen atoms in total. The number of nitrogens with one attached hydrogen (secondary N) is 1. The van der Waals surface area contributed by atoms with Crippen molar-refractivity contribution in [2.75, 3.05) is 6.54 Å². The van der Waals surface area contributed by atoms with E-state index < -0.39 is 0 Å². The van der Waals surface area contributed by atoms with Crippen molar-refractivity contribution in [1.29, 1.82) is 0 Å². The zero-order valence-corrected chi connectivity index (χ0v) is 16.2. The Labute approximate surface area is 149 Å². The molecule has 0 aliphatic heterocycles. The Bertz CT molecular complexity index is 709. The summed E-state index contributed by atoms with van der Waals surface area (Å²) in [6.07, 6.45) is 1.72. The highest BCUT2D eigenvalue weighted by molar-refractivity contribution is 5.92. The molecule has 0 saturated heterocycles. The number of hydrogen-bond acceptors (Lipinski definition) is 5. The van der Waals surface area contributed by atoms with E-state index in [9.17, 15) is 4.79 Å². The molecule has 2 aromatic rings. The van der Waals surface area contributed by atoms with Crippen LogP contribution in [0.5, 0.6) is 0 Å². The van der Waals surface area contributed by atoms with Gasteiger partial charge < -0.3 is 9.84 Å². The van der Waals surface area contributed by atoms with E-state index in [1.165, 1.54) is 0 Å². The maximum atomic E-state index is 12.4. The van der Waals surface area contributed by atoms with E-state index in [1.54, 1.807) is 16.9 Å². The number of amides is 1. The van der Waals surface area contributed by atoms with Gasteiger partial charge in [0.05, 0.1) is 6.20 Å². The Morgan fingerprint density at radius 3 is 2.44 bits per heavy atom. The molecule has 0 aliphatic carbocycles. The zero-order chi connectivity index (χ0) is 18.7. The van der Waals surface area contributed by atoms with Crippen molar-refractivity contribution in [1.82, 2.24) is 25.2 Å². The molecule has 0 bridgehead atoms. The first-order valence-electron chi connectivity index (χ1n) is 8.73. The number of carbonyl (C=O) groups is 1. The molecule has 0 aliphatic rings. The summed E-state index contributed by atoms with van der Waals surface area (Å²) in [6, 6.07) is 2.51. The van der Waals surface area contributed by atoms with E-state index in [-0.39, 0.29) is 17.7 Å². The van der Waals surface area contributed by atoms with Crippen molar-refractivity contribution in [3.8, 4) is 11.3 Å². The van der Waals surface area contributed by atoms with Gasteiger partial charge in [0.1, 0.15) is 5.69 Å². The third-order valence-corrected chi connectivity index (χ3v) is 4.43. The topological polar surface area (TPSA) is 76.2 Å². The Balaban J connectivity index is 2.03. The number of rotatable bonds is 7. The molecule has 2 aromatic heterocycles. The second-order valence-corrected chi connectivity index (χ2v) is 7.10. The fourth-order valence-electron chi connectivity index (χ4n) is 2.93. The maximum absolute atomic E-state index is 12.4. The molecule has 7 heteroatoms. The van der Waals surface area contributed by atoms with Gasteiger partial charge in [-0.3, -0.25) is 14.4 Å². The third kappa shape index (κ3) is 4.48. The normalized spacial score (nSPS) is 13.0. The van der Waals surface area contributed by atoms with Gasteiger partial charge in [-0.15, -0.1) is 0 Å². The summed E-state index contributed by atoms with van der Waals surface area (Å²) in [4.78, 5) is 14.8. The SMILES string of the molecule is Cc1c(-c2cc(C(=O)NC(C)CN(C(C)C)C(C)C)on2)cnn1C. The average molecular weight is 347 g/mol. The molecule has 138 valence electrons. The number of nitrogens with zero attached hydrogens (tertiary/aromatic N) is 4. The standard InChI is InChI=1S/C18H29N5O2/c1-11(2)23(12(3)4)10-13(5)20-18(24)17-8-16(21-25-17)15-9-19-22(7)14(15)6/h8-9,11-13H,10H2,1-7H3,(H,20,24). The molecule has 0 aromatic carbocycles. The summed E-state index contributed by atoms with van der Waals surface area (Å²) in [5, 5.41) is 11.2. The molecular weight excluding hydrogens is 318 g/mol. The van der Waals surface area contributed by atoms with Crippen LogP contribution < -0.4 is 5.32 Å². The quantitative estimate of drug-likeness (QED) is 0.833. The first kappa shape index (κ1) is 19.2. The summed E-state index contributed by atoms with van der Waals surface area (Å²) in [5.41, 5.74) is 2.46. The minimum atomic E-state index is -0.250. The van der Waals surface area contributed by atoms with Crippen molar-refractivity contribution in [3.63, 3.8) is 0 Å². The summed E-state index contributed by atoms with van der Waals surface area (Å²) in [7, 11) is 1.86. The monoisotopic (exact) mass is 347 g/mol. The lowest BCUT2D eigenvalue weighted by molar-refractivity contribution is 0.0875. The van der Waals surface area contributed by atoms with Gasteiger partial charge in [0.15, 0.2) is 0 Å². The average Bonchev–Trinajstić information content (AvgIpc) is 3.12. The molecule has 0 spiro atoms. The maximum Gasteiger partial charge on any atom is 0.290 e. The molecule has 0 saturated carbocycles. The van der Waals surface area contributed by atoms with E-state index in [4.69, 9.17) is 4.52 Å². The van der Waals surface area contributed by atoms with Crippen molar-refractivity contribution in [3.05, 3.63) is 23.7 Å². The van der Waals surface area contributed by atoms with Crippen LogP contribution in [0.15, 0.2) is 16.8 Å². The van der Waals surface area contributed by atoms with Crippen LogP contribution >= 0.6 is 0 Å². The smallest absolute Gasteiger partial charge is 0.290 e. The Kier molecular flexibility index (Phi) is 6.00. The van der Waals surface area contributed by atoms with Gasteiger partial charge in [0.25, 0.3) is 5.91 Å². The molecule has 1 amide bonds. The molecule has 1 atom stereocenters. The Morgan fingerprint density at radius 1 is 1.28 bits per heavy atom. The van der Waals surface area contributed by atoms with Gasteiger partial charge in [-0.25, -0.2) is 0 Å². The summed E-state index contributed by atoms with van der Waals surface area (Å²) in [6.45, 7) is 13.4. The molecule has 0 radical (unpaired) electrons. The molecule has 1 unspecified atom stereocenters. The highest BCUT2D eigenvalue weighted by Crippen LogP contribution is 2.22. The molecular formula is C18H29N5O2. The molecule has 0 fully saturated rings. The molecule has 2 heterocycles. The van der Waals surface area contributed by atoms with Crippen LogP contribution in [-0.4, -0.2) is 50.4 Å². The second kappa shape index (κ2) is 7.82. The lowest BCUT2D eigenvalue weighted by Crippen LogP contribution is -2.47. The summed E-state index contributed by atoms with van der Waals surface area (Å²) in [5.74, 6) is -0.0361. The van der Waals surface area contributed by atoms with Crippen LogP contribution in [0.25, 0.3) is 11.3 Å². The number of hydrogen-bond donors (Lipinski definition) is 1. The first-order valence-corrected chi connectivity index (χ1v) is 8.73. The molecule has 1 N–H and O–H groups in total. The highest BCUT2D eigenvalue weighted by Gasteiger charge is 2.21.